The summed E-state index contributed by atoms with van der Waals surface area (Å²) in [5, 5.41) is 14.4. The van der Waals surface area contributed by atoms with Crippen LogP contribution in [-0.4, -0.2) is 80.7 Å². The fourth-order valence-corrected chi connectivity index (χ4v) is 4.65. The van der Waals surface area contributed by atoms with E-state index in [-0.39, 0.29) is 26.2 Å². The van der Waals surface area contributed by atoms with Gasteiger partial charge in [-0.3, -0.25) is 14.4 Å². The number of carbonyl (C=O) groups excluding carboxylic acids is 3. The molecule has 2 aromatic rings. The summed E-state index contributed by atoms with van der Waals surface area (Å²) in [6, 6.07) is 14.3. The maximum Gasteiger partial charge on any atom is 0.335 e. The quantitative estimate of drug-likeness (QED) is 0.427. The first-order valence-corrected chi connectivity index (χ1v) is 11.9. The third-order valence-electron chi connectivity index (χ3n) is 6.33. The predicted molar refractivity (Wildman–Crippen MR) is 131 cm³/mol. The highest BCUT2D eigenvalue weighted by atomic mass is 35.5. The van der Waals surface area contributed by atoms with Crippen LogP contribution in [0.5, 0.6) is 5.75 Å². The second kappa shape index (κ2) is 11.5. The summed E-state index contributed by atoms with van der Waals surface area (Å²) in [5.41, 5.74) is 1.75. The van der Waals surface area contributed by atoms with Crippen LogP contribution < -0.4 is 15.4 Å². The zero-order chi connectivity index (χ0) is 26.5. The molecule has 12 nitrogen and oxygen atoms in total. The van der Waals surface area contributed by atoms with Gasteiger partial charge in [-0.2, -0.15) is 0 Å². The molecule has 4 amide bonds. The zero-order valence-electron chi connectivity index (χ0n) is 19.8. The number of carboxylic acid groups (broad SMARTS) is 1. The molecule has 4 rings (SSSR count). The van der Waals surface area contributed by atoms with Crippen LogP contribution in [-0.2, 0) is 27.3 Å². The van der Waals surface area contributed by atoms with Crippen molar-refractivity contribution >= 4 is 35.7 Å². The number of piperazine rings is 1. The van der Waals surface area contributed by atoms with Crippen molar-refractivity contribution in [1.82, 2.24) is 25.2 Å². The minimum atomic E-state index is -1.27. The molecule has 13 heteroatoms. The SMILES string of the molecule is NN1CC(=O)N2[C@@H](CC(=O)O)C(=O)N(CCc3ccc(OCl)cc3)C[C@@H]2N1C(=O)NCc1ccccc1. The molecule has 0 unspecified atom stereocenters. The molecule has 2 fully saturated rings. The van der Waals surface area contributed by atoms with Gasteiger partial charge in [-0.25, -0.2) is 15.6 Å². The molecule has 4 N–H and O–H groups in total. The van der Waals surface area contributed by atoms with Crippen molar-refractivity contribution in [3.63, 3.8) is 0 Å². The summed E-state index contributed by atoms with van der Waals surface area (Å²) in [4.78, 5) is 53.7. The molecule has 0 spiro atoms. The molecule has 0 saturated carbocycles. The van der Waals surface area contributed by atoms with E-state index in [2.05, 4.69) is 9.61 Å². The Bertz CT molecular complexity index is 1150. The van der Waals surface area contributed by atoms with Crippen molar-refractivity contribution in [2.24, 2.45) is 5.84 Å². The Morgan fingerprint density at radius 2 is 1.78 bits per heavy atom. The van der Waals surface area contributed by atoms with E-state index in [4.69, 9.17) is 17.7 Å². The summed E-state index contributed by atoms with van der Waals surface area (Å²) >= 11 is 5.36. The first kappa shape index (κ1) is 26.2. The number of nitrogens with zero attached hydrogens (tertiary/aromatic N) is 4. The highest BCUT2D eigenvalue weighted by Crippen LogP contribution is 2.27. The lowest BCUT2D eigenvalue weighted by Crippen LogP contribution is -2.77. The molecule has 37 heavy (non-hydrogen) atoms. The predicted octanol–water partition coefficient (Wildman–Crippen LogP) is 0.918. The maximum atomic E-state index is 13.3. The third kappa shape index (κ3) is 5.93. The van der Waals surface area contributed by atoms with Gasteiger partial charge in [0.1, 0.15) is 36.4 Å². The molecule has 0 radical (unpaired) electrons. The van der Waals surface area contributed by atoms with Crippen LogP contribution in [0.25, 0.3) is 0 Å². The van der Waals surface area contributed by atoms with E-state index in [1.807, 2.05) is 30.3 Å². The van der Waals surface area contributed by atoms with Crippen molar-refractivity contribution < 1.29 is 28.6 Å². The molecule has 2 aliphatic rings. The van der Waals surface area contributed by atoms with Gasteiger partial charge in [-0.15, -0.1) is 5.12 Å². The second-order valence-electron chi connectivity index (χ2n) is 8.74. The van der Waals surface area contributed by atoms with Gasteiger partial charge < -0.3 is 24.5 Å². The normalized spacial score (nSPS) is 20.0. The number of hydrazine groups is 2. The van der Waals surface area contributed by atoms with Crippen LogP contribution in [0.3, 0.4) is 0 Å². The van der Waals surface area contributed by atoms with Crippen LogP contribution in [0.1, 0.15) is 17.5 Å². The molecule has 2 atom stereocenters. The molecular weight excluding hydrogens is 504 g/mol. The van der Waals surface area contributed by atoms with Crippen molar-refractivity contribution in [2.45, 2.75) is 31.6 Å². The highest BCUT2D eigenvalue weighted by molar-refractivity contribution is 6.09. The fourth-order valence-electron chi connectivity index (χ4n) is 4.55. The minimum Gasteiger partial charge on any atom is -0.481 e. The number of rotatable bonds is 8. The number of benzene rings is 2. The Morgan fingerprint density at radius 3 is 2.43 bits per heavy atom. The zero-order valence-corrected chi connectivity index (χ0v) is 20.6. The molecule has 2 aliphatic heterocycles. The van der Waals surface area contributed by atoms with Gasteiger partial charge in [0, 0.05) is 13.1 Å². The van der Waals surface area contributed by atoms with Crippen LogP contribution >= 0.6 is 11.9 Å². The first-order valence-electron chi connectivity index (χ1n) is 11.6. The van der Waals surface area contributed by atoms with E-state index in [0.29, 0.717) is 12.2 Å². The highest BCUT2D eigenvalue weighted by Gasteiger charge is 2.51. The number of nitrogens with one attached hydrogen (secondary N) is 1. The van der Waals surface area contributed by atoms with E-state index < -0.39 is 42.4 Å². The molecular formula is C24H27ClN6O6. The number of amides is 4. The van der Waals surface area contributed by atoms with Gasteiger partial charge in [-0.05, 0) is 29.7 Å². The maximum absolute atomic E-state index is 13.3. The molecule has 0 aromatic heterocycles. The lowest BCUT2D eigenvalue weighted by Gasteiger charge is -2.53. The summed E-state index contributed by atoms with van der Waals surface area (Å²) in [5.74, 6) is 4.28. The number of fused-ring (bicyclic) bond motifs is 1. The van der Waals surface area contributed by atoms with Gasteiger partial charge in [0.25, 0.3) is 0 Å². The van der Waals surface area contributed by atoms with Gasteiger partial charge in [-0.1, -0.05) is 42.5 Å². The average Bonchev–Trinajstić information content (AvgIpc) is 2.88. The Labute approximate surface area is 218 Å². The average molecular weight is 531 g/mol. The van der Waals surface area contributed by atoms with Crippen molar-refractivity contribution in [3.8, 4) is 5.75 Å². The van der Waals surface area contributed by atoms with Gasteiger partial charge in [0.2, 0.25) is 11.8 Å². The van der Waals surface area contributed by atoms with Crippen LogP contribution in [0.15, 0.2) is 54.6 Å². The Balaban J connectivity index is 1.56. The molecule has 2 saturated heterocycles. The molecule has 0 aliphatic carbocycles. The number of hydrogen-bond acceptors (Lipinski definition) is 7. The Morgan fingerprint density at radius 1 is 1.08 bits per heavy atom. The monoisotopic (exact) mass is 530 g/mol. The Hall–Kier alpha value is -3.87. The number of carboxylic acids is 1. The summed E-state index contributed by atoms with van der Waals surface area (Å²) in [6.07, 6.45) is -1.12. The third-order valence-corrected chi connectivity index (χ3v) is 6.51. The minimum absolute atomic E-state index is 0.0317. The number of hydrogen-bond donors (Lipinski definition) is 3. The fraction of sp³-hybridized carbons (Fsp3) is 0.333. The summed E-state index contributed by atoms with van der Waals surface area (Å²) in [7, 11) is 0. The molecule has 2 heterocycles. The van der Waals surface area contributed by atoms with E-state index in [1.54, 1.807) is 24.3 Å². The standard InChI is InChI=1S/C24H27ClN6O6/c25-37-18-8-6-16(7-9-18)10-11-28-14-20-30(19(23(28)35)12-22(33)34)21(32)15-29(26)31(20)24(36)27-13-17-4-2-1-3-5-17/h1-9,19-20H,10-15,26H2,(H,27,36)(H,33,34)/t19-,20-/m0/s1. The van der Waals surface area contributed by atoms with Crippen molar-refractivity contribution in [1.29, 1.82) is 0 Å². The van der Waals surface area contributed by atoms with Gasteiger partial charge in [0.15, 0.2) is 0 Å². The van der Waals surface area contributed by atoms with E-state index >= 15 is 0 Å². The number of carbonyl (C=O) groups is 4. The van der Waals surface area contributed by atoms with E-state index in [9.17, 15) is 24.3 Å². The molecule has 196 valence electrons. The lowest BCUT2D eigenvalue weighted by atomic mass is 10.0. The van der Waals surface area contributed by atoms with E-state index in [1.165, 1.54) is 14.8 Å². The summed E-state index contributed by atoms with van der Waals surface area (Å²) in [6.45, 7) is 0.0379. The van der Waals surface area contributed by atoms with Crippen LogP contribution in [0.4, 0.5) is 4.79 Å². The molecule has 0 bridgehead atoms. The van der Waals surface area contributed by atoms with Crippen LogP contribution in [0, 0.1) is 0 Å². The lowest BCUT2D eigenvalue weighted by molar-refractivity contribution is -0.192. The van der Waals surface area contributed by atoms with Gasteiger partial charge >= 0.3 is 12.0 Å². The largest absolute Gasteiger partial charge is 0.481 e. The van der Waals surface area contributed by atoms with E-state index in [0.717, 1.165) is 16.2 Å². The topological polar surface area (TPSA) is 149 Å². The van der Waals surface area contributed by atoms with Gasteiger partial charge in [0.05, 0.1) is 13.0 Å². The number of halogens is 1. The van der Waals surface area contributed by atoms with Crippen molar-refractivity contribution in [2.75, 3.05) is 19.6 Å². The number of urea groups is 1. The summed E-state index contributed by atoms with van der Waals surface area (Å²) < 4.78 is 4.65. The number of aliphatic carboxylic acids is 1. The van der Waals surface area contributed by atoms with Crippen LogP contribution in [0.2, 0.25) is 0 Å². The smallest absolute Gasteiger partial charge is 0.335 e. The second-order valence-corrected chi connectivity index (χ2v) is 8.89. The number of nitrogens with two attached hydrogens (primary N) is 1. The first-order chi connectivity index (χ1) is 17.8. The van der Waals surface area contributed by atoms with Crippen molar-refractivity contribution in [3.05, 3.63) is 65.7 Å². The molecule has 2 aromatic carbocycles. The Kier molecular flexibility index (Phi) is 8.11.